The molecule has 2 nitrogen and oxygen atoms in total. The Kier molecular flexibility index (Phi) is 1.80. The maximum atomic E-state index is 11.0. The Labute approximate surface area is 84.1 Å². The molecule has 0 radical (unpaired) electrons. The molecule has 14 heavy (non-hydrogen) atoms. The van der Waals surface area contributed by atoms with Crippen LogP contribution in [0.25, 0.3) is 0 Å². The molecular formula is C12H16O2. The zero-order valence-electron chi connectivity index (χ0n) is 8.26. The van der Waals surface area contributed by atoms with Gasteiger partial charge in [-0.1, -0.05) is 0 Å². The van der Waals surface area contributed by atoms with Gasteiger partial charge in [0.05, 0.1) is 0 Å². The molecule has 0 aromatic carbocycles. The van der Waals surface area contributed by atoms with Crippen molar-refractivity contribution >= 4 is 12.6 Å². The van der Waals surface area contributed by atoms with Crippen LogP contribution in [0.2, 0.25) is 0 Å². The molecule has 2 bridgehead atoms. The van der Waals surface area contributed by atoms with Crippen molar-refractivity contribution in [3.63, 3.8) is 0 Å². The van der Waals surface area contributed by atoms with Gasteiger partial charge in [-0.3, -0.25) is 0 Å². The Hall–Kier alpha value is -0.660. The summed E-state index contributed by atoms with van der Waals surface area (Å²) in [5.74, 6) is 3.00. The van der Waals surface area contributed by atoms with Gasteiger partial charge in [-0.05, 0) is 49.4 Å². The molecule has 3 aliphatic carbocycles. The second-order valence-corrected chi connectivity index (χ2v) is 5.32. The van der Waals surface area contributed by atoms with Crippen molar-refractivity contribution in [1.29, 1.82) is 0 Å². The molecule has 0 aromatic heterocycles. The summed E-state index contributed by atoms with van der Waals surface area (Å²) in [6.45, 7) is 0. The number of hydrogen-bond donors (Lipinski definition) is 0. The lowest BCUT2D eigenvalue weighted by atomic mass is 9.78. The van der Waals surface area contributed by atoms with Gasteiger partial charge in [0.25, 0.3) is 0 Å². The minimum absolute atomic E-state index is 0.0471. The van der Waals surface area contributed by atoms with E-state index in [4.69, 9.17) is 0 Å². The Balaban J connectivity index is 1.90. The minimum atomic E-state index is 0.0471. The summed E-state index contributed by atoms with van der Waals surface area (Å²) >= 11 is 0. The first-order valence-corrected chi connectivity index (χ1v) is 5.75. The molecule has 0 saturated heterocycles. The van der Waals surface area contributed by atoms with Crippen molar-refractivity contribution in [3.05, 3.63) is 0 Å². The third-order valence-corrected chi connectivity index (χ3v) is 4.97. The number of fused-ring (bicyclic) bond motifs is 5. The van der Waals surface area contributed by atoms with E-state index >= 15 is 0 Å². The molecule has 0 aromatic rings. The summed E-state index contributed by atoms with van der Waals surface area (Å²) in [6, 6.07) is 0. The van der Waals surface area contributed by atoms with Crippen molar-refractivity contribution < 1.29 is 9.59 Å². The molecule has 3 rings (SSSR count). The monoisotopic (exact) mass is 192 g/mol. The third kappa shape index (κ3) is 0.918. The number of aldehydes is 2. The van der Waals surface area contributed by atoms with Gasteiger partial charge in [0.1, 0.15) is 12.6 Å². The molecule has 3 saturated carbocycles. The first-order valence-electron chi connectivity index (χ1n) is 5.75. The number of rotatable bonds is 2. The molecule has 2 heteroatoms. The summed E-state index contributed by atoms with van der Waals surface area (Å²) in [5, 5.41) is 0. The van der Waals surface area contributed by atoms with Gasteiger partial charge in [-0.15, -0.1) is 0 Å². The molecule has 0 heterocycles. The highest BCUT2D eigenvalue weighted by Gasteiger charge is 2.56. The van der Waals surface area contributed by atoms with E-state index in [1.54, 1.807) is 0 Å². The first-order chi connectivity index (χ1) is 6.85. The van der Waals surface area contributed by atoms with Crippen LogP contribution in [0.5, 0.6) is 0 Å². The fourth-order valence-corrected chi connectivity index (χ4v) is 4.50. The standard InChI is InChI=1S/C12H16O2/c13-5-9-4-10-7-1-2-8(3-7)12(10)11(9)6-14/h5-12H,1-4H2. The van der Waals surface area contributed by atoms with Crippen LogP contribution in [0, 0.1) is 35.5 Å². The molecule has 3 fully saturated rings. The van der Waals surface area contributed by atoms with E-state index in [-0.39, 0.29) is 11.8 Å². The zero-order valence-corrected chi connectivity index (χ0v) is 8.26. The van der Waals surface area contributed by atoms with Gasteiger partial charge in [0.15, 0.2) is 0 Å². The van der Waals surface area contributed by atoms with Crippen molar-refractivity contribution in [2.75, 3.05) is 0 Å². The average Bonchev–Trinajstić information content (AvgIpc) is 2.87. The summed E-state index contributed by atoms with van der Waals surface area (Å²) in [5.41, 5.74) is 0. The van der Waals surface area contributed by atoms with Crippen molar-refractivity contribution in [2.24, 2.45) is 35.5 Å². The summed E-state index contributed by atoms with van der Waals surface area (Å²) in [4.78, 5) is 21.9. The molecule has 0 spiro atoms. The van der Waals surface area contributed by atoms with Gasteiger partial charge in [0, 0.05) is 11.8 Å². The predicted molar refractivity (Wildman–Crippen MR) is 51.5 cm³/mol. The lowest BCUT2D eigenvalue weighted by Gasteiger charge is -2.26. The normalized spacial score (nSPS) is 54.6. The van der Waals surface area contributed by atoms with Crippen molar-refractivity contribution in [2.45, 2.75) is 25.7 Å². The first kappa shape index (κ1) is 8.63. The van der Waals surface area contributed by atoms with E-state index in [0.717, 1.165) is 30.8 Å². The molecule has 0 aliphatic heterocycles. The lowest BCUT2D eigenvalue weighted by Crippen LogP contribution is -2.24. The highest BCUT2D eigenvalue weighted by molar-refractivity contribution is 5.66. The van der Waals surface area contributed by atoms with E-state index < -0.39 is 0 Å². The van der Waals surface area contributed by atoms with E-state index in [1.165, 1.54) is 19.3 Å². The Morgan fingerprint density at radius 2 is 1.71 bits per heavy atom. The van der Waals surface area contributed by atoms with Gasteiger partial charge < -0.3 is 9.59 Å². The largest absolute Gasteiger partial charge is 0.303 e. The SMILES string of the molecule is O=CC1CC2C3CCC(C3)C2C1C=O. The van der Waals surface area contributed by atoms with Crippen molar-refractivity contribution in [3.8, 4) is 0 Å². The molecule has 6 atom stereocenters. The highest BCUT2D eigenvalue weighted by atomic mass is 16.1. The van der Waals surface area contributed by atoms with Crippen molar-refractivity contribution in [1.82, 2.24) is 0 Å². The van der Waals surface area contributed by atoms with Crippen LogP contribution in [0.1, 0.15) is 25.7 Å². The fourth-order valence-electron chi connectivity index (χ4n) is 4.50. The zero-order chi connectivity index (χ0) is 9.71. The number of carbonyl (C=O) groups is 2. The van der Waals surface area contributed by atoms with E-state index in [2.05, 4.69) is 0 Å². The van der Waals surface area contributed by atoms with Gasteiger partial charge in [-0.2, -0.15) is 0 Å². The summed E-state index contributed by atoms with van der Waals surface area (Å²) in [7, 11) is 0. The van der Waals surface area contributed by atoms with Crippen LogP contribution < -0.4 is 0 Å². The maximum absolute atomic E-state index is 11.0. The lowest BCUT2D eigenvalue weighted by molar-refractivity contribution is -0.119. The molecule has 0 amide bonds. The summed E-state index contributed by atoms with van der Waals surface area (Å²) in [6.07, 6.45) is 7.08. The summed E-state index contributed by atoms with van der Waals surface area (Å²) < 4.78 is 0. The fraction of sp³-hybridized carbons (Fsp3) is 0.833. The van der Waals surface area contributed by atoms with Gasteiger partial charge >= 0.3 is 0 Å². The van der Waals surface area contributed by atoms with Gasteiger partial charge in [0.2, 0.25) is 0 Å². The van der Waals surface area contributed by atoms with Crippen LogP contribution in [-0.4, -0.2) is 12.6 Å². The van der Waals surface area contributed by atoms with Crippen LogP contribution in [0.3, 0.4) is 0 Å². The number of hydrogen-bond acceptors (Lipinski definition) is 2. The van der Waals surface area contributed by atoms with E-state index in [9.17, 15) is 9.59 Å². The highest BCUT2D eigenvalue weighted by Crippen LogP contribution is 2.61. The maximum Gasteiger partial charge on any atom is 0.124 e. The second kappa shape index (κ2) is 2.91. The smallest absolute Gasteiger partial charge is 0.124 e. The molecule has 0 N–H and O–H groups in total. The predicted octanol–water partition coefficient (Wildman–Crippen LogP) is 1.68. The Morgan fingerprint density at radius 1 is 0.929 bits per heavy atom. The van der Waals surface area contributed by atoms with Crippen LogP contribution in [0.15, 0.2) is 0 Å². The quantitative estimate of drug-likeness (QED) is 0.624. The Bertz CT molecular complexity index is 273. The number of carbonyl (C=O) groups excluding carboxylic acids is 2. The average molecular weight is 192 g/mol. The third-order valence-electron chi connectivity index (χ3n) is 4.97. The van der Waals surface area contributed by atoms with E-state index in [0.29, 0.717) is 11.8 Å². The van der Waals surface area contributed by atoms with Crippen LogP contribution >= 0.6 is 0 Å². The second-order valence-electron chi connectivity index (χ2n) is 5.32. The van der Waals surface area contributed by atoms with Crippen LogP contribution in [-0.2, 0) is 9.59 Å². The minimum Gasteiger partial charge on any atom is -0.303 e. The van der Waals surface area contributed by atoms with E-state index in [1.807, 2.05) is 0 Å². The molecular weight excluding hydrogens is 176 g/mol. The molecule has 76 valence electrons. The van der Waals surface area contributed by atoms with Crippen LogP contribution in [0.4, 0.5) is 0 Å². The molecule has 6 unspecified atom stereocenters. The molecule has 3 aliphatic rings. The van der Waals surface area contributed by atoms with Gasteiger partial charge in [-0.25, -0.2) is 0 Å². The topological polar surface area (TPSA) is 34.1 Å². The Morgan fingerprint density at radius 3 is 2.43 bits per heavy atom.